The number of carbonyl (C=O) groups excluding carboxylic acids is 2. The maximum atomic E-state index is 12.5. The summed E-state index contributed by atoms with van der Waals surface area (Å²) in [5.74, 6) is 0.952. The molecule has 1 atom stereocenters. The molecule has 0 aliphatic rings. The van der Waals surface area contributed by atoms with Crippen molar-refractivity contribution in [2.24, 2.45) is 0 Å². The van der Waals surface area contributed by atoms with Crippen LogP contribution in [0, 0.1) is 0 Å². The Morgan fingerprint density at radius 3 is 2.37 bits per heavy atom. The normalized spacial score (nSPS) is 11.4. The van der Waals surface area contributed by atoms with Gasteiger partial charge in [0.15, 0.2) is 6.61 Å². The van der Waals surface area contributed by atoms with Gasteiger partial charge in [0.2, 0.25) is 5.91 Å². The van der Waals surface area contributed by atoms with Gasteiger partial charge in [-0.3, -0.25) is 9.59 Å². The van der Waals surface area contributed by atoms with E-state index in [-0.39, 0.29) is 18.4 Å². The van der Waals surface area contributed by atoms with Gasteiger partial charge in [0.05, 0.1) is 0 Å². The van der Waals surface area contributed by atoms with Crippen LogP contribution in [0.3, 0.4) is 0 Å². The molecule has 0 radical (unpaired) electrons. The number of hydrogen-bond acceptors (Lipinski definition) is 4. The summed E-state index contributed by atoms with van der Waals surface area (Å²) in [6, 6.07) is 18.6. The first-order valence-corrected chi connectivity index (χ1v) is 10.4. The molecule has 0 spiro atoms. The first-order valence-electron chi connectivity index (χ1n) is 8.97. The molecule has 2 rings (SSSR count). The minimum absolute atomic E-state index is 0.114. The lowest BCUT2D eigenvalue weighted by atomic mass is 10.1. The largest absolute Gasteiger partial charge is 0.484 e. The van der Waals surface area contributed by atoms with E-state index in [1.165, 1.54) is 5.56 Å². The van der Waals surface area contributed by atoms with E-state index in [2.05, 4.69) is 10.6 Å². The molecule has 0 aromatic heterocycles. The van der Waals surface area contributed by atoms with E-state index in [0.29, 0.717) is 18.7 Å². The van der Waals surface area contributed by atoms with Gasteiger partial charge in [-0.2, -0.15) is 11.8 Å². The van der Waals surface area contributed by atoms with Gasteiger partial charge < -0.3 is 15.4 Å². The number of benzene rings is 2. The van der Waals surface area contributed by atoms with Crippen molar-refractivity contribution in [3.63, 3.8) is 0 Å². The fourth-order valence-corrected chi connectivity index (χ4v) is 2.98. The van der Waals surface area contributed by atoms with Crippen LogP contribution in [-0.2, 0) is 16.0 Å². The summed E-state index contributed by atoms with van der Waals surface area (Å²) in [4.78, 5) is 24.6. The summed E-state index contributed by atoms with van der Waals surface area (Å²) in [6.07, 6.45) is 3.31. The third-order valence-corrected chi connectivity index (χ3v) is 4.58. The fraction of sp³-hybridized carbons (Fsp3) is 0.333. The number of amides is 2. The molecule has 0 aliphatic carbocycles. The Balaban J connectivity index is 1.79. The molecule has 144 valence electrons. The molecule has 0 unspecified atom stereocenters. The van der Waals surface area contributed by atoms with Crippen LogP contribution < -0.4 is 15.4 Å². The van der Waals surface area contributed by atoms with Gasteiger partial charge in [-0.1, -0.05) is 48.5 Å². The lowest BCUT2D eigenvalue weighted by molar-refractivity contribution is -0.130. The van der Waals surface area contributed by atoms with Crippen molar-refractivity contribution >= 4 is 23.6 Å². The second-order valence-corrected chi connectivity index (χ2v) is 7.02. The third-order valence-electron chi connectivity index (χ3n) is 3.93. The van der Waals surface area contributed by atoms with Crippen molar-refractivity contribution in [3.8, 4) is 5.75 Å². The second-order valence-electron chi connectivity index (χ2n) is 6.03. The maximum absolute atomic E-state index is 12.5. The highest BCUT2D eigenvalue weighted by Gasteiger charge is 2.20. The number of ether oxygens (including phenoxy) is 1. The number of para-hydroxylation sites is 1. The quantitative estimate of drug-likeness (QED) is 0.623. The van der Waals surface area contributed by atoms with E-state index in [1.807, 2.05) is 54.8 Å². The van der Waals surface area contributed by atoms with Crippen LogP contribution in [0.4, 0.5) is 0 Å². The standard InChI is InChI=1S/C21H26N2O3S/c1-27-15-13-19(21(25)22-14-12-17-8-4-2-5-9-17)23-20(24)16-26-18-10-6-3-7-11-18/h2-11,19H,12-16H2,1H3,(H,22,25)(H,23,24)/t19-/m1/s1. The topological polar surface area (TPSA) is 67.4 Å². The van der Waals surface area contributed by atoms with Crippen molar-refractivity contribution in [2.75, 3.05) is 25.2 Å². The summed E-state index contributed by atoms with van der Waals surface area (Å²) in [5.41, 5.74) is 1.17. The highest BCUT2D eigenvalue weighted by molar-refractivity contribution is 7.98. The first-order chi connectivity index (χ1) is 13.2. The highest BCUT2D eigenvalue weighted by atomic mass is 32.2. The van der Waals surface area contributed by atoms with Crippen LogP contribution in [0.2, 0.25) is 0 Å². The van der Waals surface area contributed by atoms with E-state index in [1.54, 1.807) is 23.9 Å². The van der Waals surface area contributed by atoms with Gasteiger partial charge in [-0.15, -0.1) is 0 Å². The Hall–Kier alpha value is -2.47. The number of hydrogen-bond donors (Lipinski definition) is 2. The molecule has 0 heterocycles. The van der Waals surface area contributed by atoms with Gasteiger partial charge in [-0.05, 0) is 42.5 Å². The molecule has 2 aromatic rings. The Labute approximate surface area is 164 Å². The Bertz CT molecular complexity index is 695. The van der Waals surface area contributed by atoms with Crippen LogP contribution in [0.1, 0.15) is 12.0 Å². The van der Waals surface area contributed by atoms with Crippen LogP contribution in [0.25, 0.3) is 0 Å². The van der Waals surface area contributed by atoms with Gasteiger partial charge >= 0.3 is 0 Å². The minimum Gasteiger partial charge on any atom is -0.484 e. The Morgan fingerprint density at radius 2 is 1.70 bits per heavy atom. The smallest absolute Gasteiger partial charge is 0.258 e. The van der Waals surface area contributed by atoms with Crippen molar-refractivity contribution in [1.82, 2.24) is 10.6 Å². The molecule has 0 aliphatic heterocycles. The lowest BCUT2D eigenvalue weighted by Crippen LogP contribution is -2.48. The zero-order chi connectivity index (χ0) is 19.3. The van der Waals surface area contributed by atoms with E-state index < -0.39 is 6.04 Å². The number of carbonyl (C=O) groups is 2. The van der Waals surface area contributed by atoms with Crippen LogP contribution in [0.5, 0.6) is 5.75 Å². The molecule has 2 amide bonds. The molecule has 27 heavy (non-hydrogen) atoms. The molecule has 5 nitrogen and oxygen atoms in total. The molecule has 2 aromatic carbocycles. The average molecular weight is 387 g/mol. The van der Waals surface area contributed by atoms with Crippen molar-refractivity contribution in [1.29, 1.82) is 0 Å². The molecule has 0 saturated carbocycles. The predicted molar refractivity (Wildman–Crippen MR) is 110 cm³/mol. The number of thioether (sulfide) groups is 1. The summed E-state index contributed by atoms with van der Waals surface area (Å²) < 4.78 is 5.44. The first kappa shape index (κ1) is 20.8. The van der Waals surface area contributed by atoms with Crippen LogP contribution in [0.15, 0.2) is 60.7 Å². The van der Waals surface area contributed by atoms with Gasteiger partial charge in [0, 0.05) is 6.54 Å². The molecule has 0 saturated heterocycles. The molecule has 6 heteroatoms. The van der Waals surface area contributed by atoms with Gasteiger partial charge in [0.1, 0.15) is 11.8 Å². The SMILES string of the molecule is CSCC[C@@H](NC(=O)COc1ccccc1)C(=O)NCCc1ccccc1. The molecular formula is C21H26N2O3S. The van der Waals surface area contributed by atoms with Crippen molar-refractivity contribution < 1.29 is 14.3 Å². The minimum atomic E-state index is -0.555. The van der Waals surface area contributed by atoms with Crippen LogP contribution in [-0.4, -0.2) is 43.0 Å². The molecular weight excluding hydrogens is 360 g/mol. The number of rotatable bonds is 11. The summed E-state index contributed by atoms with van der Waals surface area (Å²) >= 11 is 1.64. The summed E-state index contributed by atoms with van der Waals surface area (Å²) in [6.45, 7) is 0.423. The predicted octanol–water partition coefficient (Wildman–Crippen LogP) is 2.66. The van der Waals surface area contributed by atoms with E-state index >= 15 is 0 Å². The molecule has 2 N–H and O–H groups in total. The fourth-order valence-electron chi connectivity index (χ4n) is 2.50. The summed E-state index contributed by atoms with van der Waals surface area (Å²) in [7, 11) is 0. The van der Waals surface area contributed by atoms with Crippen molar-refractivity contribution in [2.45, 2.75) is 18.9 Å². The Kier molecular flexibility index (Phi) is 9.27. The lowest BCUT2D eigenvalue weighted by Gasteiger charge is -2.18. The zero-order valence-corrected chi connectivity index (χ0v) is 16.3. The molecule has 0 bridgehead atoms. The van der Waals surface area contributed by atoms with Gasteiger partial charge in [-0.25, -0.2) is 0 Å². The summed E-state index contributed by atoms with van der Waals surface area (Å²) in [5, 5.41) is 5.70. The van der Waals surface area contributed by atoms with E-state index in [9.17, 15) is 9.59 Å². The van der Waals surface area contributed by atoms with E-state index in [0.717, 1.165) is 12.2 Å². The van der Waals surface area contributed by atoms with Crippen molar-refractivity contribution in [3.05, 3.63) is 66.2 Å². The van der Waals surface area contributed by atoms with Crippen LogP contribution >= 0.6 is 11.8 Å². The second kappa shape index (κ2) is 12.0. The third kappa shape index (κ3) is 8.17. The monoisotopic (exact) mass is 386 g/mol. The van der Waals surface area contributed by atoms with E-state index in [4.69, 9.17) is 4.74 Å². The number of nitrogens with one attached hydrogen (secondary N) is 2. The maximum Gasteiger partial charge on any atom is 0.258 e. The highest BCUT2D eigenvalue weighted by Crippen LogP contribution is 2.08. The molecule has 0 fully saturated rings. The zero-order valence-electron chi connectivity index (χ0n) is 15.5. The van der Waals surface area contributed by atoms with Gasteiger partial charge in [0.25, 0.3) is 5.91 Å². The average Bonchev–Trinajstić information content (AvgIpc) is 2.71. The Morgan fingerprint density at radius 1 is 1.04 bits per heavy atom.